The van der Waals surface area contributed by atoms with Crippen LogP contribution in [-0.2, 0) is 0 Å². The van der Waals surface area contributed by atoms with Crippen LogP contribution in [0, 0.1) is 17.2 Å². The lowest BCUT2D eigenvalue weighted by atomic mass is 9.81. The molecule has 2 rings (SSSR count). The molecule has 1 aliphatic rings. The van der Waals surface area contributed by atoms with Gasteiger partial charge in [-0.15, -0.1) is 0 Å². The Labute approximate surface area is 104 Å². The molecule has 90 valence electrons. The van der Waals surface area contributed by atoms with E-state index in [1.165, 1.54) is 24.0 Å². The third kappa shape index (κ3) is 2.68. The summed E-state index contributed by atoms with van der Waals surface area (Å²) >= 11 is 0. The van der Waals surface area contributed by atoms with Crippen molar-refractivity contribution in [2.24, 2.45) is 5.92 Å². The second kappa shape index (κ2) is 5.33. The summed E-state index contributed by atoms with van der Waals surface area (Å²) in [6, 6.07) is 11.4. The fourth-order valence-corrected chi connectivity index (χ4v) is 2.58. The first-order valence-electron chi connectivity index (χ1n) is 6.44. The lowest BCUT2D eigenvalue weighted by molar-refractivity contribution is 0.418. The van der Waals surface area contributed by atoms with Gasteiger partial charge in [-0.2, -0.15) is 5.26 Å². The lowest BCUT2D eigenvalue weighted by Crippen LogP contribution is -2.29. The molecule has 1 aliphatic carbocycles. The van der Waals surface area contributed by atoms with E-state index in [4.69, 9.17) is 5.26 Å². The summed E-state index contributed by atoms with van der Waals surface area (Å²) < 4.78 is 0. The molecule has 0 aliphatic heterocycles. The van der Waals surface area contributed by atoms with Crippen molar-refractivity contribution in [3.63, 3.8) is 0 Å². The van der Waals surface area contributed by atoms with E-state index in [0.29, 0.717) is 12.0 Å². The van der Waals surface area contributed by atoms with Gasteiger partial charge >= 0.3 is 0 Å². The van der Waals surface area contributed by atoms with E-state index in [9.17, 15) is 0 Å². The number of hydrogen-bond donors (Lipinski definition) is 1. The zero-order valence-corrected chi connectivity index (χ0v) is 10.6. The van der Waals surface area contributed by atoms with Crippen LogP contribution in [0.3, 0.4) is 0 Å². The van der Waals surface area contributed by atoms with E-state index in [1.807, 2.05) is 6.92 Å². The standard InChI is InChI=1S/C15H20N2/c1-11(9-16)10-17-15-8-7-12(2)13-5-3-4-6-14(13)15/h3-6,11-12,15,17H,7-8,10H2,1-2H3. The molecule has 0 bridgehead atoms. The molecule has 3 unspecified atom stereocenters. The van der Waals surface area contributed by atoms with Crippen LogP contribution in [0.5, 0.6) is 0 Å². The Kier molecular flexibility index (Phi) is 3.81. The number of nitriles is 1. The van der Waals surface area contributed by atoms with Gasteiger partial charge in [0.05, 0.1) is 12.0 Å². The maximum Gasteiger partial charge on any atom is 0.0666 e. The van der Waals surface area contributed by atoms with E-state index in [2.05, 4.69) is 42.6 Å². The summed E-state index contributed by atoms with van der Waals surface area (Å²) in [6.45, 7) is 5.04. The first-order valence-corrected chi connectivity index (χ1v) is 6.44. The Bertz CT molecular complexity index is 419. The fourth-order valence-electron chi connectivity index (χ4n) is 2.58. The van der Waals surface area contributed by atoms with Gasteiger partial charge < -0.3 is 5.32 Å². The lowest BCUT2D eigenvalue weighted by Gasteiger charge is -2.30. The van der Waals surface area contributed by atoms with Crippen molar-refractivity contribution in [3.05, 3.63) is 35.4 Å². The average molecular weight is 228 g/mol. The normalized spacial score (nSPS) is 24.8. The first kappa shape index (κ1) is 12.1. The number of fused-ring (bicyclic) bond motifs is 1. The fraction of sp³-hybridized carbons (Fsp3) is 0.533. The van der Waals surface area contributed by atoms with E-state index in [0.717, 1.165) is 6.54 Å². The molecule has 0 saturated heterocycles. The van der Waals surface area contributed by atoms with Crippen molar-refractivity contribution in [1.82, 2.24) is 5.32 Å². The zero-order chi connectivity index (χ0) is 12.3. The Balaban J connectivity index is 2.11. The molecule has 2 nitrogen and oxygen atoms in total. The van der Waals surface area contributed by atoms with Crippen molar-refractivity contribution >= 4 is 0 Å². The predicted molar refractivity (Wildman–Crippen MR) is 69.6 cm³/mol. The van der Waals surface area contributed by atoms with Gasteiger partial charge in [0.1, 0.15) is 0 Å². The van der Waals surface area contributed by atoms with Crippen LogP contribution >= 0.6 is 0 Å². The molecule has 0 heterocycles. The Morgan fingerprint density at radius 3 is 2.76 bits per heavy atom. The summed E-state index contributed by atoms with van der Waals surface area (Å²) in [5, 5.41) is 12.3. The highest BCUT2D eigenvalue weighted by atomic mass is 14.9. The topological polar surface area (TPSA) is 35.8 Å². The molecule has 3 atom stereocenters. The zero-order valence-electron chi connectivity index (χ0n) is 10.6. The van der Waals surface area contributed by atoms with E-state index in [1.54, 1.807) is 0 Å². The van der Waals surface area contributed by atoms with Crippen LogP contribution in [0.4, 0.5) is 0 Å². The monoisotopic (exact) mass is 228 g/mol. The van der Waals surface area contributed by atoms with E-state index >= 15 is 0 Å². The van der Waals surface area contributed by atoms with Gasteiger partial charge in [-0.25, -0.2) is 0 Å². The molecule has 0 radical (unpaired) electrons. The van der Waals surface area contributed by atoms with Gasteiger partial charge in [0.15, 0.2) is 0 Å². The molecule has 0 aromatic heterocycles. The van der Waals surface area contributed by atoms with Gasteiger partial charge in [-0.1, -0.05) is 31.2 Å². The van der Waals surface area contributed by atoms with Gasteiger partial charge in [0.25, 0.3) is 0 Å². The highest BCUT2D eigenvalue weighted by molar-refractivity contribution is 5.34. The minimum absolute atomic E-state index is 0.0847. The summed E-state index contributed by atoms with van der Waals surface area (Å²) in [5.74, 6) is 0.749. The molecule has 17 heavy (non-hydrogen) atoms. The van der Waals surface area contributed by atoms with E-state index in [-0.39, 0.29) is 5.92 Å². The van der Waals surface area contributed by atoms with Gasteiger partial charge in [0.2, 0.25) is 0 Å². The molecule has 2 heteroatoms. The van der Waals surface area contributed by atoms with Crippen molar-refractivity contribution < 1.29 is 0 Å². The number of benzene rings is 1. The van der Waals surface area contributed by atoms with Gasteiger partial charge in [-0.3, -0.25) is 0 Å². The average Bonchev–Trinajstić information content (AvgIpc) is 2.38. The van der Waals surface area contributed by atoms with Crippen LogP contribution in [0.25, 0.3) is 0 Å². The summed E-state index contributed by atoms with van der Waals surface area (Å²) in [6.07, 6.45) is 2.41. The molecular weight excluding hydrogens is 208 g/mol. The molecule has 1 aromatic rings. The third-order valence-electron chi connectivity index (χ3n) is 3.68. The molecule has 0 spiro atoms. The largest absolute Gasteiger partial charge is 0.309 e. The number of rotatable bonds is 3. The number of nitrogens with zero attached hydrogens (tertiary/aromatic N) is 1. The van der Waals surface area contributed by atoms with Crippen molar-refractivity contribution in [2.45, 2.75) is 38.6 Å². The van der Waals surface area contributed by atoms with Crippen molar-refractivity contribution in [3.8, 4) is 6.07 Å². The van der Waals surface area contributed by atoms with Gasteiger partial charge in [-0.05, 0) is 36.8 Å². The molecular formula is C15H20N2. The second-order valence-electron chi connectivity index (χ2n) is 5.10. The first-order chi connectivity index (χ1) is 8.22. The Morgan fingerprint density at radius 2 is 2.06 bits per heavy atom. The Hall–Kier alpha value is -1.33. The van der Waals surface area contributed by atoms with Crippen LogP contribution < -0.4 is 5.32 Å². The number of nitrogens with one attached hydrogen (secondary N) is 1. The quantitative estimate of drug-likeness (QED) is 0.861. The maximum atomic E-state index is 8.81. The Morgan fingerprint density at radius 1 is 1.35 bits per heavy atom. The van der Waals surface area contributed by atoms with Gasteiger partial charge in [0, 0.05) is 12.6 Å². The van der Waals surface area contributed by atoms with Crippen LogP contribution in [0.2, 0.25) is 0 Å². The van der Waals surface area contributed by atoms with Crippen LogP contribution in [0.1, 0.15) is 49.8 Å². The molecule has 0 fully saturated rings. The molecule has 0 amide bonds. The minimum atomic E-state index is 0.0847. The summed E-state index contributed by atoms with van der Waals surface area (Å²) in [4.78, 5) is 0. The SMILES string of the molecule is CC(C#N)CNC1CCC(C)c2ccccc21. The highest BCUT2D eigenvalue weighted by Crippen LogP contribution is 2.36. The third-order valence-corrected chi connectivity index (χ3v) is 3.68. The summed E-state index contributed by atoms with van der Waals surface area (Å²) in [5.41, 5.74) is 2.90. The van der Waals surface area contributed by atoms with Crippen LogP contribution in [0.15, 0.2) is 24.3 Å². The minimum Gasteiger partial charge on any atom is -0.309 e. The van der Waals surface area contributed by atoms with Crippen molar-refractivity contribution in [1.29, 1.82) is 5.26 Å². The molecule has 0 saturated carbocycles. The molecule has 1 aromatic carbocycles. The second-order valence-corrected chi connectivity index (χ2v) is 5.10. The van der Waals surface area contributed by atoms with Crippen LogP contribution in [-0.4, -0.2) is 6.54 Å². The predicted octanol–water partition coefficient (Wildman–Crippen LogP) is 3.37. The molecule has 1 N–H and O–H groups in total. The maximum absolute atomic E-state index is 8.81. The van der Waals surface area contributed by atoms with E-state index < -0.39 is 0 Å². The smallest absolute Gasteiger partial charge is 0.0666 e. The highest BCUT2D eigenvalue weighted by Gasteiger charge is 2.23. The number of hydrogen-bond acceptors (Lipinski definition) is 2. The van der Waals surface area contributed by atoms with Crippen molar-refractivity contribution in [2.75, 3.05) is 6.54 Å². The summed E-state index contributed by atoms with van der Waals surface area (Å²) in [7, 11) is 0.